The molecule has 0 atom stereocenters. The lowest BCUT2D eigenvalue weighted by Gasteiger charge is -2.36. The highest BCUT2D eigenvalue weighted by molar-refractivity contribution is 6.13. The number of piperazine rings is 1. The molecule has 2 aliphatic heterocycles. The van der Waals surface area contributed by atoms with Gasteiger partial charge in [0.25, 0.3) is 5.91 Å². The summed E-state index contributed by atoms with van der Waals surface area (Å²) < 4.78 is 0. The molecule has 3 heterocycles. The number of hydrogen-bond acceptors (Lipinski definition) is 6. The minimum atomic E-state index is -0.426. The third-order valence-corrected chi connectivity index (χ3v) is 4.40. The molecule has 0 spiro atoms. The zero-order chi connectivity index (χ0) is 17.3. The van der Waals surface area contributed by atoms with Gasteiger partial charge < -0.3 is 4.90 Å². The van der Waals surface area contributed by atoms with E-state index in [1.54, 1.807) is 25.4 Å². The van der Waals surface area contributed by atoms with Crippen LogP contribution in [-0.2, 0) is 4.79 Å². The smallest absolute Gasteiger partial charge is 0.328 e. The van der Waals surface area contributed by atoms with Crippen LogP contribution < -0.4 is 10.2 Å². The predicted octanol–water partition coefficient (Wildman–Crippen LogP) is 0.529. The number of aromatic nitrogens is 2. The van der Waals surface area contributed by atoms with Crippen LogP contribution in [0.2, 0.25) is 0 Å². The zero-order valence-electron chi connectivity index (χ0n) is 14.2. The molecule has 0 aliphatic carbocycles. The lowest BCUT2D eigenvalue weighted by molar-refractivity contribution is -0.115. The molecule has 0 radical (unpaired) electrons. The average molecular weight is 330 g/mol. The number of amides is 3. The van der Waals surface area contributed by atoms with Gasteiger partial charge >= 0.3 is 6.03 Å². The topological polar surface area (TPSA) is 81.7 Å². The van der Waals surface area contributed by atoms with E-state index in [-0.39, 0.29) is 5.70 Å². The van der Waals surface area contributed by atoms with Crippen LogP contribution in [0.1, 0.15) is 19.5 Å². The lowest BCUT2D eigenvalue weighted by Crippen LogP contribution is -2.49. The molecular weight excluding hydrogens is 308 g/mol. The second-order valence-electron chi connectivity index (χ2n) is 6.25. The zero-order valence-corrected chi connectivity index (χ0v) is 14.2. The molecule has 8 heteroatoms. The van der Waals surface area contributed by atoms with Crippen LogP contribution in [0.5, 0.6) is 0 Å². The maximum absolute atomic E-state index is 11.8. The number of anilines is 1. The Bertz CT molecular complexity index is 679. The van der Waals surface area contributed by atoms with E-state index in [0.29, 0.717) is 17.7 Å². The number of nitrogens with zero attached hydrogens (tertiary/aromatic N) is 5. The highest BCUT2D eigenvalue weighted by Gasteiger charge is 2.30. The summed E-state index contributed by atoms with van der Waals surface area (Å²) in [6, 6.07) is 1.84. The highest BCUT2D eigenvalue weighted by Crippen LogP contribution is 2.17. The first-order chi connectivity index (χ1) is 11.5. The van der Waals surface area contributed by atoms with Gasteiger partial charge in [-0.2, -0.15) is 0 Å². The quantitative estimate of drug-likeness (QED) is 0.643. The minimum Gasteiger partial charge on any atom is -0.338 e. The molecule has 128 valence electrons. The van der Waals surface area contributed by atoms with E-state index in [0.717, 1.165) is 26.2 Å². The van der Waals surface area contributed by atoms with Gasteiger partial charge in [0.2, 0.25) is 5.95 Å². The van der Waals surface area contributed by atoms with Crippen LogP contribution >= 0.6 is 0 Å². The normalized spacial score (nSPS) is 21.1. The molecular formula is C16H22N6O2. The highest BCUT2D eigenvalue weighted by atomic mass is 16.2. The first-order valence-corrected chi connectivity index (χ1v) is 8.08. The molecule has 0 aromatic carbocycles. The van der Waals surface area contributed by atoms with Crippen molar-refractivity contribution >= 4 is 24.0 Å². The molecule has 3 amide bonds. The summed E-state index contributed by atoms with van der Waals surface area (Å²) in [5.74, 6) is 0.244. The maximum atomic E-state index is 11.8. The van der Waals surface area contributed by atoms with Crippen molar-refractivity contribution in [3.8, 4) is 0 Å². The van der Waals surface area contributed by atoms with Crippen molar-refractivity contribution in [1.82, 2.24) is 25.1 Å². The van der Waals surface area contributed by atoms with Crippen molar-refractivity contribution in [2.24, 2.45) is 0 Å². The average Bonchev–Trinajstić information content (AvgIpc) is 2.81. The Labute approximate surface area is 141 Å². The van der Waals surface area contributed by atoms with Gasteiger partial charge in [0.05, 0.1) is 5.69 Å². The van der Waals surface area contributed by atoms with Crippen molar-refractivity contribution in [3.63, 3.8) is 0 Å². The van der Waals surface area contributed by atoms with Gasteiger partial charge in [0, 0.05) is 45.5 Å². The van der Waals surface area contributed by atoms with Crippen molar-refractivity contribution in [1.29, 1.82) is 0 Å². The van der Waals surface area contributed by atoms with Crippen LogP contribution in [0, 0.1) is 0 Å². The SMILES string of the molecule is CC(C)N1CCN(c2nccc(/C=C3/C(=O)NC(=O)N3C)n2)CC1. The molecule has 2 saturated heterocycles. The summed E-state index contributed by atoms with van der Waals surface area (Å²) >= 11 is 0. The number of nitrogens with one attached hydrogen (secondary N) is 1. The number of likely N-dealkylation sites (N-methyl/N-ethyl adjacent to an activating group) is 1. The number of carbonyl (C=O) groups is 2. The Hall–Kier alpha value is -2.48. The first-order valence-electron chi connectivity index (χ1n) is 8.08. The van der Waals surface area contributed by atoms with Crippen LogP contribution in [-0.4, -0.2) is 71.0 Å². The summed E-state index contributed by atoms with van der Waals surface area (Å²) in [5.41, 5.74) is 0.896. The third kappa shape index (κ3) is 3.23. The molecule has 1 N–H and O–H groups in total. The van der Waals surface area contributed by atoms with Gasteiger partial charge in [-0.25, -0.2) is 14.8 Å². The second kappa shape index (κ2) is 6.56. The summed E-state index contributed by atoms with van der Waals surface area (Å²) in [6.45, 7) is 8.10. The fraction of sp³-hybridized carbons (Fsp3) is 0.500. The van der Waals surface area contributed by atoms with E-state index in [4.69, 9.17) is 0 Å². The fourth-order valence-electron chi connectivity index (χ4n) is 2.84. The van der Waals surface area contributed by atoms with E-state index >= 15 is 0 Å². The number of imide groups is 1. The lowest BCUT2D eigenvalue weighted by atomic mass is 10.2. The summed E-state index contributed by atoms with van der Waals surface area (Å²) in [4.78, 5) is 38.0. The van der Waals surface area contributed by atoms with Crippen molar-refractivity contribution in [2.45, 2.75) is 19.9 Å². The minimum absolute atomic E-state index is 0.286. The molecule has 1 aromatic rings. The summed E-state index contributed by atoms with van der Waals surface area (Å²) in [7, 11) is 1.55. The maximum Gasteiger partial charge on any atom is 0.328 e. The number of hydrogen-bond donors (Lipinski definition) is 1. The molecule has 0 saturated carbocycles. The van der Waals surface area contributed by atoms with E-state index in [9.17, 15) is 9.59 Å². The van der Waals surface area contributed by atoms with Gasteiger partial charge in [0.1, 0.15) is 5.70 Å². The molecule has 8 nitrogen and oxygen atoms in total. The Morgan fingerprint density at radius 3 is 2.50 bits per heavy atom. The Balaban J connectivity index is 1.76. The van der Waals surface area contributed by atoms with E-state index in [2.05, 4.69) is 38.9 Å². The molecule has 2 fully saturated rings. The number of rotatable bonds is 3. The van der Waals surface area contributed by atoms with E-state index < -0.39 is 11.9 Å². The first kappa shape index (κ1) is 16.4. The fourth-order valence-corrected chi connectivity index (χ4v) is 2.84. The van der Waals surface area contributed by atoms with Gasteiger partial charge in [-0.3, -0.25) is 19.9 Å². The van der Waals surface area contributed by atoms with Crippen LogP contribution in [0.4, 0.5) is 10.7 Å². The largest absolute Gasteiger partial charge is 0.338 e. The van der Waals surface area contributed by atoms with Crippen molar-refractivity contribution in [3.05, 3.63) is 23.7 Å². The van der Waals surface area contributed by atoms with Crippen LogP contribution in [0.15, 0.2) is 18.0 Å². The number of carbonyl (C=O) groups excluding carboxylic acids is 2. The summed E-state index contributed by atoms with van der Waals surface area (Å²) in [5, 5.41) is 2.25. The molecule has 0 unspecified atom stereocenters. The Morgan fingerprint density at radius 1 is 1.21 bits per heavy atom. The standard InChI is InChI=1S/C16H22N6O2/c1-11(2)21-6-8-22(9-7-21)15-17-5-4-12(18-15)10-13-14(23)19-16(24)20(13)3/h4-5,10-11H,6-9H2,1-3H3,(H,19,23,24)/b13-10-. The third-order valence-electron chi connectivity index (χ3n) is 4.40. The van der Waals surface area contributed by atoms with Gasteiger partial charge in [-0.1, -0.05) is 0 Å². The molecule has 1 aromatic heterocycles. The van der Waals surface area contributed by atoms with E-state index in [1.807, 2.05) is 0 Å². The van der Waals surface area contributed by atoms with Crippen molar-refractivity contribution in [2.75, 3.05) is 38.1 Å². The molecule has 2 aliphatic rings. The van der Waals surface area contributed by atoms with Crippen molar-refractivity contribution < 1.29 is 9.59 Å². The summed E-state index contributed by atoms with van der Waals surface area (Å²) in [6.07, 6.45) is 3.29. The Morgan fingerprint density at radius 2 is 1.92 bits per heavy atom. The van der Waals surface area contributed by atoms with Gasteiger partial charge in [0.15, 0.2) is 0 Å². The van der Waals surface area contributed by atoms with E-state index in [1.165, 1.54) is 4.90 Å². The van der Waals surface area contributed by atoms with Gasteiger partial charge in [-0.05, 0) is 26.0 Å². The van der Waals surface area contributed by atoms with Gasteiger partial charge in [-0.15, -0.1) is 0 Å². The Kier molecular flexibility index (Phi) is 4.48. The molecule has 0 bridgehead atoms. The predicted molar refractivity (Wildman–Crippen MR) is 90.2 cm³/mol. The van der Waals surface area contributed by atoms with Crippen LogP contribution in [0.3, 0.4) is 0 Å². The monoisotopic (exact) mass is 330 g/mol. The number of urea groups is 1. The van der Waals surface area contributed by atoms with Crippen LogP contribution in [0.25, 0.3) is 6.08 Å². The molecule has 3 rings (SSSR count). The molecule has 24 heavy (non-hydrogen) atoms. The second-order valence-corrected chi connectivity index (χ2v) is 6.25.